The molecule has 2 aromatic carbocycles. The molecule has 3 rings (SSSR count). The van der Waals surface area contributed by atoms with Crippen LogP contribution in [0.4, 0.5) is 9.52 Å². The molecule has 6 heteroatoms. The first-order chi connectivity index (χ1) is 13.7. The highest BCUT2D eigenvalue weighted by molar-refractivity contribution is 7.15. The van der Waals surface area contributed by atoms with Gasteiger partial charge in [0.1, 0.15) is 11.6 Å². The fraction of sp³-hybridized carbons (Fsp3) is 0.304. The molecule has 0 fully saturated rings. The maximum absolute atomic E-state index is 13.0. The number of nitrogens with zero attached hydrogens (tertiary/aromatic N) is 1. The first-order valence-corrected chi connectivity index (χ1v) is 10.3. The lowest BCUT2D eigenvalue weighted by Crippen LogP contribution is -2.22. The highest BCUT2D eigenvalue weighted by Gasteiger charge is 2.20. The number of benzene rings is 2. The van der Waals surface area contributed by atoms with Gasteiger partial charge in [-0.05, 0) is 41.7 Å². The quantitative estimate of drug-likeness (QED) is 0.582. The van der Waals surface area contributed by atoms with Crippen LogP contribution in [0.3, 0.4) is 0 Å². The van der Waals surface area contributed by atoms with Crippen molar-refractivity contribution in [3.05, 3.63) is 76.0 Å². The topological polar surface area (TPSA) is 51.2 Å². The van der Waals surface area contributed by atoms with Crippen LogP contribution in [0.2, 0.25) is 0 Å². The molecule has 4 nitrogen and oxygen atoms in total. The molecule has 0 aliphatic carbocycles. The molecule has 0 spiro atoms. The maximum atomic E-state index is 13.0. The van der Waals surface area contributed by atoms with E-state index in [1.165, 1.54) is 23.5 Å². The monoisotopic (exact) mass is 412 g/mol. The van der Waals surface area contributed by atoms with E-state index in [4.69, 9.17) is 4.74 Å². The summed E-state index contributed by atoms with van der Waals surface area (Å²) in [6, 6.07) is 12.3. The van der Waals surface area contributed by atoms with Gasteiger partial charge in [-0.3, -0.25) is 10.1 Å². The van der Waals surface area contributed by atoms with Crippen LogP contribution in [0.25, 0.3) is 0 Å². The van der Waals surface area contributed by atoms with Crippen molar-refractivity contribution in [1.82, 2.24) is 4.98 Å². The van der Waals surface area contributed by atoms with Crippen LogP contribution in [0, 0.1) is 12.7 Å². The molecule has 1 N–H and O–H groups in total. The number of aryl methyl sites for hydroxylation is 1. The first kappa shape index (κ1) is 21.0. The number of halogens is 1. The molecule has 0 saturated carbocycles. The van der Waals surface area contributed by atoms with E-state index in [0.717, 1.165) is 27.3 Å². The van der Waals surface area contributed by atoms with Gasteiger partial charge in [0.05, 0.1) is 0 Å². The zero-order valence-electron chi connectivity index (χ0n) is 17.1. The minimum absolute atomic E-state index is 0.0810. The molecule has 29 heavy (non-hydrogen) atoms. The van der Waals surface area contributed by atoms with Crippen LogP contribution in [0.5, 0.6) is 5.75 Å². The van der Waals surface area contributed by atoms with Gasteiger partial charge in [-0.15, -0.1) is 11.3 Å². The predicted molar refractivity (Wildman–Crippen MR) is 115 cm³/mol. The first-order valence-electron chi connectivity index (χ1n) is 9.43. The Hall–Kier alpha value is -2.73. The minimum Gasteiger partial charge on any atom is -0.483 e. The Morgan fingerprint density at radius 1 is 1.17 bits per heavy atom. The second-order valence-electron chi connectivity index (χ2n) is 8.02. The molecule has 3 aromatic rings. The number of aromatic nitrogens is 1. The summed E-state index contributed by atoms with van der Waals surface area (Å²) in [7, 11) is 0. The standard InChI is InChI=1S/C23H25FN2O2S/c1-15-5-10-20(19(11-15)23(2,3)4)28-14-21(27)26-22-25-13-18(29-22)12-16-6-8-17(24)9-7-16/h5-11,13H,12,14H2,1-4H3,(H,25,26,27). The summed E-state index contributed by atoms with van der Waals surface area (Å²) >= 11 is 1.40. The third-order valence-electron chi connectivity index (χ3n) is 4.39. The van der Waals surface area contributed by atoms with Crippen molar-refractivity contribution in [2.45, 2.75) is 39.5 Å². The number of hydrogen-bond acceptors (Lipinski definition) is 4. The SMILES string of the molecule is Cc1ccc(OCC(=O)Nc2ncc(Cc3ccc(F)cc3)s2)c(C(C)(C)C)c1. The number of carbonyl (C=O) groups is 1. The Kier molecular flexibility index (Phi) is 6.33. The fourth-order valence-corrected chi connectivity index (χ4v) is 3.77. The predicted octanol–water partition coefficient (Wildman–Crippen LogP) is 5.50. The van der Waals surface area contributed by atoms with E-state index in [2.05, 4.69) is 37.1 Å². The summed E-state index contributed by atoms with van der Waals surface area (Å²) in [5.74, 6) is 0.205. The van der Waals surface area contributed by atoms with E-state index in [0.29, 0.717) is 11.6 Å². The molecular formula is C23H25FN2O2S. The highest BCUT2D eigenvalue weighted by Crippen LogP contribution is 2.32. The Morgan fingerprint density at radius 2 is 1.90 bits per heavy atom. The third-order valence-corrected chi connectivity index (χ3v) is 5.31. The lowest BCUT2D eigenvalue weighted by Gasteiger charge is -2.23. The Bertz CT molecular complexity index is 991. The number of amides is 1. The number of hydrogen-bond donors (Lipinski definition) is 1. The fourth-order valence-electron chi connectivity index (χ4n) is 2.90. The third kappa shape index (κ3) is 5.87. The van der Waals surface area contributed by atoms with Crippen LogP contribution in [0.1, 0.15) is 42.3 Å². The molecule has 0 atom stereocenters. The van der Waals surface area contributed by atoms with Gasteiger partial charge in [-0.1, -0.05) is 50.6 Å². The van der Waals surface area contributed by atoms with Crippen LogP contribution in [0.15, 0.2) is 48.7 Å². The minimum atomic E-state index is -0.256. The smallest absolute Gasteiger partial charge is 0.264 e. The molecule has 1 amide bonds. The van der Waals surface area contributed by atoms with E-state index >= 15 is 0 Å². The van der Waals surface area contributed by atoms with E-state index < -0.39 is 0 Å². The number of nitrogens with one attached hydrogen (secondary N) is 1. The van der Waals surface area contributed by atoms with E-state index in [1.807, 2.05) is 19.1 Å². The van der Waals surface area contributed by atoms with Crippen molar-refractivity contribution in [3.8, 4) is 5.75 Å². The van der Waals surface area contributed by atoms with Crippen molar-refractivity contribution < 1.29 is 13.9 Å². The van der Waals surface area contributed by atoms with Crippen LogP contribution < -0.4 is 10.1 Å². The van der Waals surface area contributed by atoms with Gasteiger partial charge >= 0.3 is 0 Å². The van der Waals surface area contributed by atoms with Gasteiger partial charge in [0, 0.05) is 17.5 Å². The van der Waals surface area contributed by atoms with Gasteiger partial charge in [0.25, 0.3) is 5.91 Å². The summed E-state index contributed by atoms with van der Waals surface area (Å²) in [6.07, 6.45) is 2.37. The number of ether oxygens (including phenoxy) is 1. The number of carbonyl (C=O) groups excluding carboxylic acids is 1. The number of rotatable bonds is 6. The Balaban J connectivity index is 1.58. The van der Waals surface area contributed by atoms with Crippen molar-refractivity contribution in [2.75, 3.05) is 11.9 Å². The van der Waals surface area contributed by atoms with Crippen LogP contribution >= 0.6 is 11.3 Å². The second kappa shape index (κ2) is 8.74. The van der Waals surface area contributed by atoms with Crippen molar-refractivity contribution in [1.29, 1.82) is 0 Å². The average Bonchev–Trinajstić information content (AvgIpc) is 3.08. The zero-order chi connectivity index (χ0) is 21.0. The van der Waals surface area contributed by atoms with E-state index in [9.17, 15) is 9.18 Å². The molecule has 0 bridgehead atoms. The van der Waals surface area contributed by atoms with Gasteiger partial charge < -0.3 is 4.74 Å². The summed E-state index contributed by atoms with van der Waals surface area (Å²) in [5, 5.41) is 3.30. The van der Waals surface area contributed by atoms with Gasteiger partial charge in [-0.25, -0.2) is 9.37 Å². The van der Waals surface area contributed by atoms with E-state index in [1.54, 1.807) is 18.3 Å². The van der Waals surface area contributed by atoms with Crippen LogP contribution in [-0.4, -0.2) is 17.5 Å². The van der Waals surface area contributed by atoms with E-state index in [-0.39, 0.29) is 23.7 Å². The molecule has 1 aromatic heterocycles. The summed E-state index contributed by atoms with van der Waals surface area (Å²) in [4.78, 5) is 17.5. The number of anilines is 1. The molecule has 152 valence electrons. The summed E-state index contributed by atoms with van der Waals surface area (Å²) in [6.45, 7) is 8.31. The Labute approximate surface area is 174 Å². The van der Waals surface area contributed by atoms with Crippen molar-refractivity contribution in [2.24, 2.45) is 0 Å². The maximum Gasteiger partial charge on any atom is 0.264 e. The van der Waals surface area contributed by atoms with Gasteiger partial charge in [0.2, 0.25) is 0 Å². The number of thiazole rings is 1. The Morgan fingerprint density at radius 3 is 2.59 bits per heavy atom. The van der Waals surface area contributed by atoms with Gasteiger partial charge in [-0.2, -0.15) is 0 Å². The lowest BCUT2D eigenvalue weighted by molar-refractivity contribution is -0.118. The highest BCUT2D eigenvalue weighted by atomic mass is 32.1. The molecule has 0 unspecified atom stereocenters. The molecule has 0 radical (unpaired) electrons. The summed E-state index contributed by atoms with van der Waals surface area (Å²) in [5.41, 5.74) is 3.14. The molecule has 1 heterocycles. The molecular weight excluding hydrogens is 387 g/mol. The van der Waals surface area contributed by atoms with Crippen molar-refractivity contribution in [3.63, 3.8) is 0 Å². The zero-order valence-corrected chi connectivity index (χ0v) is 17.9. The summed E-state index contributed by atoms with van der Waals surface area (Å²) < 4.78 is 18.8. The molecule has 0 saturated heterocycles. The van der Waals surface area contributed by atoms with Crippen molar-refractivity contribution >= 4 is 22.4 Å². The second-order valence-corrected chi connectivity index (χ2v) is 9.14. The lowest BCUT2D eigenvalue weighted by atomic mass is 9.85. The van der Waals surface area contributed by atoms with Gasteiger partial charge in [0.15, 0.2) is 11.7 Å². The van der Waals surface area contributed by atoms with Crippen LogP contribution in [-0.2, 0) is 16.6 Å². The molecule has 0 aliphatic heterocycles. The normalized spacial score (nSPS) is 11.3. The average molecular weight is 413 g/mol. The largest absolute Gasteiger partial charge is 0.483 e. The molecule has 0 aliphatic rings.